The van der Waals surface area contributed by atoms with Crippen LogP contribution >= 0.6 is 0 Å². The summed E-state index contributed by atoms with van der Waals surface area (Å²) in [5.74, 6) is 2.87. The number of methoxy groups -OCH3 is 1. The van der Waals surface area contributed by atoms with E-state index in [-0.39, 0.29) is 22.2 Å². The van der Waals surface area contributed by atoms with Gasteiger partial charge in [-0.15, -0.1) is 0 Å². The van der Waals surface area contributed by atoms with Crippen molar-refractivity contribution in [2.24, 2.45) is 34.5 Å². The van der Waals surface area contributed by atoms with E-state index < -0.39 is 0 Å². The van der Waals surface area contributed by atoms with Crippen molar-refractivity contribution >= 4 is 5.78 Å². The van der Waals surface area contributed by atoms with Gasteiger partial charge in [0, 0.05) is 19.1 Å². The molecular weight excluding hydrogens is 312 g/mol. The molecule has 25 heavy (non-hydrogen) atoms. The SMILES string of the molecule is CO[C@@]1(C)CC[C@H]2[C@@H]3CC[C@H]4CC(=O)C(=CO)C[C@]4(C)[C@H]3CC[C@@]21C. The summed E-state index contributed by atoms with van der Waals surface area (Å²) in [6, 6.07) is 0. The molecule has 4 rings (SSSR count). The molecule has 0 saturated heterocycles. The van der Waals surface area contributed by atoms with E-state index in [0.717, 1.165) is 24.5 Å². The lowest BCUT2D eigenvalue weighted by Gasteiger charge is -2.61. The van der Waals surface area contributed by atoms with Gasteiger partial charge in [0.1, 0.15) is 0 Å². The lowest BCUT2D eigenvalue weighted by atomic mass is 9.44. The minimum atomic E-state index is 0.0130. The minimum Gasteiger partial charge on any atom is -0.515 e. The lowest BCUT2D eigenvalue weighted by molar-refractivity contribution is -0.156. The van der Waals surface area contributed by atoms with Crippen molar-refractivity contribution in [1.82, 2.24) is 0 Å². The maximum Gasteiger partial charge on any atom is 0.162 e. The van der Waals surface area contributed by atoms with Crippen molar-refractivity contribution in [2.45, 2.75) is 77.7 Å². The maximum absolute atomic E-state index is 12.3. The Morgan fingerprint density at radius 2 is 1.80 bits per heavy atom. The molecule has 4 aliphatic carbocycles. The predicted octanol–water partition coefficient (Wildman–Crippen LogP) is 5.06. The van der Waals surface area contributed by atoms with E-state index in [9.17, 15) is 9.90 Å². The molecule has 1 N–H and O–H groups in total. The number of carbonyl (C=O) groups is 1. The van der Waals surface area contributed by atoms with Crippen LogP contribution in [0.3, 0.4) is 0 Å². The van der Waals surface area contributed by atoms with Crippen molar-refractivity contribution in [3.05, 3.63) is 11.8 Å². The number of allylic oxidation sites excluding steroid dienone is 1. The van der Waals surface area contributed by atoms with Crippen LogP contribution in [0.1, 0.15) is 72.1 Å². The fraction of sp³-hybridized carbons (Fsp3) is 0.864. The Labute approximate surface area is 152 Å². The summed E-state index contributed by atoms with van der Waals surface area (Å²) < 4.78 is 6.04. The Balaban J connectivity index is 1.66. The van der Waals surface area contributed by atoms with Crippen molar-refractivity contribution < 1.29 is 14.6 Å². The van der Waals surface area contributed by atoms with Crippen molar-refractivity contribution in [3.8, 4) is 0 Å². The molecule has 7 atom stereocenters. The second-order valence-corrected chi connectivity index (χ2v) is 10.0. The van der Waals surface area contributed by atoms with Gasteiger partial charge >= 0.3 is 0 Å². The Bertz CT molecular complexity index is 610. The molecule has 0 radical (unpaired) electrons. The highest BCUT2D eigenvalue weighted by molar-refractivity contribution is 5.96. The Morgan fingerprint density at radius 3 is 2.48 bits per heavy atom. The first-order valence-electron chi connectivity index (χ1n) is 10.2. The van der Waals surface area contributed by atoms with E-state index in [1.807, 2.05) is 7.11 Å². The van der Waals surface area contributed by atoms with Gasteiger partial charge in [-0.1, -0.05) is 13.8 Å². The zero-order valence-corrected chi connectivity index (χ0v) is 16.3. The quantitative estimate of drug-likeness (QED) is 0.533. The van der Waals surface area contributed by atoms with Crippen molar-refractivity contribution in [3.63, 3.8) is 0 Å². The van der Waals surface area contributed by atoms with Crippen LogP contribution < -0.4 is 0 Å². The van der Waals surface area contributed by atoms with Gasteiger partial charge in [-0.05, 0) is 86.4 Å². The van der Waals surface area contributed by atoms with Crippen LogP contribution in [-0.4, -0.2) is 23.6 Å². The average Bonchev–Trinajstić information content (AvgIpc) is 2.87. The van der Waals surface area contributed by atoms with Crippen LogP contribution in [-0.2, 0) is 9.53 Å². The molecule has 0 aromatic heterocycles. The number of ketones is 1. The normalized spacial score (nSPS) is 54.1. The Morgan fingerprint density at radius 1 is 1.08 bits per heavy atom. The molecule has 0 spiro atoms. The van der Waals surface area contributed by atoms with Gasteiger partial charge in [0.15, 0.2) is 5.78 Å². The summed E-state index contributed by atoms with van der Waals surface area (Å²) in [5.41, 5.74) is 1.14. The van der Waals surface area contributed by atoms with Crippen LogP contribution in [0.2, 0.25) is 0 Å². The maximum atomic E-state index is 12.3. The number of hydrogen-bond donors (Lipinski definition) is 1. The van der Waals surface area contributed by atoms with Gasteiger partial charge in [0.05, 0.1) is 11.9 Å². The van der Waals surface area contributed by atoms with Gasteiger partial charge in [0.25, 0.3) is 0 Å². The smallest absolute Gasteiger partial charge is 0.162 e. The second-order valence-electron chi connectivity index (χ2n) is 10.0. The van der Waals surface area contributed by atoms with Gasteiger partial charge in [-0.25, -0.2) is 0 Å². The second kappa shape index (κ2) is 5.58. The molecule has 4 aliphatic rings. The largest absolute Gasteiger partial charge is 0.515 e. The molecule has 0 aliphatic heterocycles. The standard InChI is InChI=1S/C22H34O3/c1-20-12-14(13-23)19(24)11-15(20)5-6-16-17(20)7-9-21(2)18(16)8-10-22(21,3)25-4/h13,15-18,23H,5-12H2,1-4H3/t15-,16+,17-,18-,20-,21-,22-/m0/s1. The first kappa shape index (κ1) is 17.6. The summed E-state index contributed by atoms with van der Waals surface area (Å²) in [6.07, 6.45) is 9.91. The lowest BCUT2D eigenvalue weighted by Crippen LogP contribution is -2.56. The highest BCUT2D eigenvalue weighted by Gasteiger charge is 2.64. The van der Waals surface area contributed by atoms with E-state index in [1.54, 1.807) is 0 Å². The van der Waals surface area contributed by atoms with Crippen LogP contribution in [0.4, 0.5) is 0 Å². The van der Waals surface area contributed by atoms with Crippen LogP contribution in [0.5, 0.6) is 0 Å². The highest BCUT2D eigenvalue weighted by atomic mass is 16.5. The first-order valence-corrected chi connectivity index (χ1v) is 10.2. The molecule has 0 heterocycles. The summed E-state index contributed by atoms with van der Waals surface area (Å²) >= 11 is 0. The fourth-order valence-corrected chi connectivity index (χ4v) is 7.69. The fourth-order valence-electron chi connectivity index (χ4n) is 7.69. The number of aliphatic hydroxyl groups is 1. The van der Waals surface area contributed by atoms with E-state index in [2.05, 4.69) is 20.8 Å². The number of fused-ring (bicyclic) bond motifs is 5. The third-order valence-corrected chi connectivity index (χ3v) is 9.56. The van der Waals surface area contributed by atoms with Gasteiger partial charge < -0.3 is 9.84 Å². The number of aliphatic hydroxyl groups excluding tert-OH is 1. The van der Waals surface area contributed by atoms with Crippen molar-refractivity contribution in [1.29, 1.82) is 0 Å². The molecule has 0 bridgehead atoms. The van der Waals surface area contributed by atoms with E-state index in [4.69, 9.17) is 4.74 Å². The molecule has 3 heteroatoms. The number of Topliss-reactive ketones (excluding diaryl/α,β-unsaturated/α-hetero) is 1. The summed E-state index contributed by atoms with van der Waals surface area (Å²) in [5, 5.41) is 9.55. The summed E-state index contributed by atoms with van der Waals surface area (Å²) in [6.45, 7) is 7.21. The van der Waals surface area contributed by atoms with Gasteiger partial charge in [-0.3, -0.25) is 4.79 Å². The van der Waals surface area contributed by atoms with Crippen molar-refractivity contribution in [2.75, 3.05) is 7.11 Å². The third-order valence-electron chi connectivity index (χ3n) is 9.56. The van der Waals surface area contributed by atoms with Crippen LogP contribution in [0.15, 0.2) is 11.8 Å². The molecule has 4 saturated carbocycles. The zero-order chi connectivity index (χ0) is 18.0. The van der Waals surface area contributed by atoms with E-state index >= 15 is 0 Å². The average molecular weight is 347 g/mol. The molecule has 0 unspecified atom stereocenters. The predicted molar refractivity (Wildman–Crippen MR) is 98.2 cm³/mol. The molecule has 0 aromatic carbocycles. The van der Waals surface area contributed by atoms with Gasteiger partial charge in [-0.2, -0.15) is 0 Å². The molecule has 0 amide bonds. The molecule has 4 fully saturated rings. The van der Waals surface area contributed by atoms with Crippen LogP contribution in [0, 0.1) is 34.5 Å². The number of ether oxygens (including phenoxy) is 1. The van der Waals surface area contributed by atoms with Crippen LogP contribution in [0.25, 0.3) is 0 Å². The van der Waals surface area contributed by atoms with Gasteiger partial charge in [0.2, 0.25) is 0 Å². The summed E-state index contributed by atoms with van der Waals surface area (Å²) in [7, 11) is 1.89. The Kier molecular flexibility index (Phi) is 3.92. The summed E-state index contributed by atoms with van der Waals surface area (Å²) in [4.78, 5) is 12.3. The van der Waals surface area contributed by atoms with E-state index in [1.165, 1.54) is 38.5 Å². The zero-order valence-electron chi connectivity index (χ0n) is 16.3. The topological polar surface area (TPSA) is 46.5 Å². The minimum absolute atomic E-state index is 0.0130. The molecule has 140 valence electrons. The molecular formula is C22H34O3. The molecule has 0 aromatic rings. The first-order chi connectivity index (χ1) is 11.8. The Hall–Kier alpha value is -0.830. The highest BCUT2D eigenvalue weighted by Crippen LogP contribution is 2.68. The van der Waals surface area contributed by atoms with E-state index in [0.29, 0.717) is 23.8 Å². The number of hydrogen-bond acceptors (Lipinski definition) is 3. The molecule has 3 nitrogen and oxygen atoms in total. The monoisotopic (exact) mass is 346 g/mol. The number of rotatable bonds is 1. The number of carbonyl (C=O) groups excluding carboxylic acids is 1. The third kappa shape index (κ3) is 2.17.